The van der Waals surface area contributed by atoms with Crippen LogP contribution in [0.5, 0.6) is 11.5 Å². The summed E-state index contributed by atoms with van der Waals surface area (Å²) in [5.74, 6) is 2.02. The van der Waals surface area contributed by atoms with Gasteiger partial charge in [0.1, 0.15) is 5.82 Å². The fraction of sp³-hybridized carbons (Fsp3) is 0.103. The van der Waals surface area contributed by atoms with E-state index in [1.165, 1.54) is 83.5 Å². The minimum Gasteiger partial charge on any atom is -0.510 e. The number of unbranched alkanes of at least 4 members (excludes halogenated alkanes) is 2. The normalized spacial score (nSPS) is 11.5. The third-order valence-corrected chi connectivity index (χ3v) is 17.8. The molecule has 0 amide bonds. The molecule has 0 unspecified atom stereocenters. The van der Waals surface area contributed by atoms with Gasteiger partial charge in [-0.1, -0.05) is 238 Å². The van der Waals surface area contributed by atoms with E-state index in [2.05, 4.69) is 326 Å². The van der Waals surface area contributed by atoms with Crippen molar-refractivity contribution in [2.75, 3.05) is 0 Å². The van der Waals surface area contributed by atoms with Crippen LogP contribution in [0.4, 0.5) is 0 Å². The molecule has 0 radical (unpaired) electrons. The molecule has 0 N–H and O–H groups in total. The van der Waals surface area contributed by atoms with Crippen LogP contribution in [0.25, 0.3) is 122 Å². The van der Waals surface area contributed by atoms with Gasteiger partial charge in [-0.15, -0.1) is 29.7 Å². The number of hydrogen-bond donors (Lipinski definition) is 0. The Balaban J connectivity index is 0.00000749. The molecule has 0 saturated carbocycles. The van der Waals surface area contributed by atoms with Crippen molar-refractivity contribution < 1.29 is 30.4 Å². The zero-order chi connectivity index (χ0) is 62.0. The molecule has 12 aromatic carbocycles. The first-order chi connectivity index (χ1) is 45.2. The predicted molar refractivity (Wildman–Crippen MR) is 379 cm³/mol. The van der Waals surface area contributed by atoms with E-state index in [-0.39, 0.29) is 26.5 Å². The van der Waals surface area contributed by atoms with Crippen LogP contribution >= 0.6 is 0 Å². The van der Waals surface area contributed by atoms with E-state index in [4.69, 9.17) is 9.72 Å². The standard InChI is InChI=1S/C87H68N4O.Pt/c1-87(2,3)73-47-48-88-86(57-73)91-82-46-43-66(61-26-10-4-11-27-61)56-81(82)80-45-44-76(59-85(80)91)92-75-37-24-36-74(58-75)90-60-89(83-41-21-22-42-84(83)90)49-23-9-20-38-79-77(71-52-67(62-28-12-5-13-29-62)50-68(53-71)63-30-14-6-15-31-63)39-25-40-78(79)72-54-69(64-32-16-7-17-33-64)51-70(55-72)65-34-18-8-19-35-65;/h4-8,10-19,21-22,24-37,39-48,50-57H,9,20,23,38,49H2,1-3H3;/q-2;. The number of benzene rings is 12. The van der Waals surface area contributed by atoms with Gasteiger partial charge in [0.2, 0.25) is 6.33 Å². The van der Waals surface area contributed by atoms with Crippen molar-refractivity contribution >= 4 is 32.8 Å². The molecule has 93 heavy (non-hydrogen) atoms. The quantitative estimate of drug-likeness (QED) is 0.0517. The maximum Gasteiger partial charge on any atom is 0.242 e. The fourth-order valence-corrected chi connectivity index (χ4v) is 13.1. The van der Waals surface area contributed by atoms with Crippen LogP contribution < -0.4 is 9.30 Å². The Labute approximate surface area is 559 Å². The molecule has 15 rings (SSSR count). The summed E-state index contributed by atoms with van der Waals surface area (Å²) in [4.78, 5) is 4.96. The summed E-state index contributed by atoms with van der Waals surface area (Å²) in [6.07, 6.45) is 9.58. The Morgan fingerprint density at radius 2 is 0.925 bits per heavy atom. The molecule has 0 bridgehead atoms. The Kier molecular flexibility index (Phi) is 17.1. The van der Waals surface area contributed by atoms with E-state index in [0.717, 1.165) is 82.1 Å². The van der Waals surface area contributed by atoms with Crippen molar-refractivity contribution in [2.24, 2.45) is 0 Å². The van der Waals surface area contributed by atoms with Crippen LogP contribution in [0.2, 0.25) is 0 Å². The van der Waals surface area contributed by atoms with Crippen LogP contribution in [-0.4, -0.2) is 14.1 Å². The average molecular weight is 1380 g/mol. The number of para-hydroxylation sites is 2. The van der Waals surface area contributed by atoms with Gasteiger partial charge in [0, 0.05) is 44.3 Å². The molecule has 454 valence electrons. The minimum absolute atomic E-state index is 0. The summed E-state index contributed by atoms with van der Waals surface area (Å²) in [6, 6.07) is 112. The van der Waals surface area contributed by atoms with Gasteiger partial charge < -0.3 is 18.4 Å². The number of rotatable bonds is 17. The number of imidazole rings is 1. The summed E-state index contributed by atoms with van der Waals surface area (Å²) >= 11 is 0. The molecule has 3 heterocycles. The van der Waals surface area contributed by atoms with Gasteiger partial charge in [-0.25, -0.2) is 4.98 Å². The number of pyridine rings is 1. The predicted octanol–water partition coefficient (Wildman–Crippen LogP) is 22.0. The number of ether oxygens (including phenoxy) is 1. The van der Waals surface area contributed by atoms with Crippen molar-refractivity contribution in [2.45, 2.75) is 58.4 Å². The maximum atomic E-state index is 6.75. The summed E-state index contributed by atoms with van der Waals surface area (Å²) in [5.41, 5.74) is 24.3. The van der Waals surface area contributed by atoms with Gasteiger partial charge >= 0.3 is 0 Å². The summed E-state index contributed by atoms with van der Waals surface area (Å²) < 4.78 is 13.4. The van der Waals surface area contributed by atoms with Crippen LogP contribution in [-0.2, 0) is 39.4 Å². The molecule has 0 aliphatic heterocycles. The van der Waals surface area contributed by atoms with Gasteiger partial charge in [-0.05, 0) is 180 Å². The molecule has 0 saturated heterocycles. The smallest absolute Gasteiger partial charge is 0.242 e. The van der Waals surface area contributed by atoms with Crippen LogP contribution in [0.1, 0.15) is 51.2 Å². The van der Waals surface area contributed by atoms with Crippen LogP contribution in [0.3, 0.4) is 0 Å². The third kappa shape index (κ3) is 12.6. The van der Waals surface area contributed by atoms with Crippen LogP contribution in [0.15, 0.2) is 297 Å². The molecule has 0 spiro atoms. The Morgan fingerprint density at radius 3 is 1.49 bits per heavy atom. The number of nitrogens with zero attached hydrogens (tertiary/aromatic N) is 4. The van der Waals surface area contributed by atoms with Gasteiger partial charge in [0.25, 0.3) is 0 Å². The zero-order valence-corrected chi connectivity index (χ0v) is 54.6. The van der Waals surface area contributed by atoms with E-state index in [1.807, 2.05) is 24.4 Å². The number of hydrogen-bond acceptors (Lipinski definition) is 2. The Morgan fingerprint density at radius 1 is 0.409 bits per heavy atom. The summed E-state index contributed by atoms with van der Waals surface area (Å²) in [5, 5.41) is 2.20. The van der Waals surface area contributed by atoms with Crippen molar-refractivity contribution in [1.82, 2.24) is 14.1 Å². The van der Waals surface area contributed by atoms with Crippen molar-refractivity contribution in [1.29, 1.82) is 0 Å². The second kappa shape index (κ2) is 26.4. The van der Waals surface area contributed by atoms with E-state index >= 15 is 0 Å². The maximum absolute atomic E-state index is 6.75. The molecule has 0 aliphatic carbocycles. The largest absolute Gasteiger partial charge is 0.510 e. The Hall–Kier alpha value is -10.5. The van der Waals surface area contributed by atoms with Gasteiger partial charge in [-0.2, -0.15) is 18.2 Å². The third-order valence-electron chi connectivity index (χ3n) is 17.8. The minimum atomic E-state index is -0.0600. The first-order valence-corrected chi connectivity index (χ1v) is 32.0. The molecule has 3 aromatic heterocycles. The fourth-order valence-electron chi connectivity index (χ4n) is 13.1. The average Bonchev–Trinajstić information content (AvgIpc) is 1.63. The molecule has 0 aliphatic rings. The van der Waals surface area contributed by atoms with Crippen molar-refractivity contribution in [3.63, 3.8) is 0 Å². The van der Waals surface area contributed by atoms with Gasteiger partial charge in [0.05, 0.1) is 17.6 Å². The van der Waals surface area contributed by atoms with Gasteiger partial charge in [-0.3, -0.25) is 0 Å². The summed E-state index contributed by atoms with van der Waals surface area (Å²) in [6.45, 7) is 7.52. The Bertz CT molecular complexity index is 4870. The molecule has 0 atom stereocenters. The second-order valence-corrected chi connectivity index (χ2v) is 25.0. The molecule has 6 heteroatoms. The number of aryl methyl sites for hydroxylation is 1. The van der Waals surface area contributed by atoms with E-state index < -0.39 is 0 Å². The number of fused-ring (bicyclic) bond motifs is 4. The first kappa shape index (κ1) is 60.1. The van der Waals surface area contributed by atoms with E-state index in [1.54, 1.807) is 0 Å². The molecule has 0 fully saturated rings. The zero-order valence-electron chi connectivity index (χ0n) is 52.3. The topological polar surface area (TPSA) is 35.9 Å². The van der Waals surface area contributed by atoms with Gasteiger partial charge in [0.15, 0.2) is 0 Å². The first-order valence-electron chi connectivity index (χ1n) is 32.0. The van der Waals surface area contributed by atoms with Crippen LogP contribution in [0, 0.1) is 18.5 Å². The second-order valence-electron chi connectivity index (χ2n) is 25.0. The van der Waals surface area contributed by atoms with Crippen molar-refractivity contribution in [3.05, 3.63) is 327 Å². The van der Waals surface area contributed by atoms with E-state index in [0.29, 0.717) is 11.5 Å². The molecular weight excluding hydrogens is 1310 g/mol. The monoisotopic (exact) mass is 1380 g/mol. The summed E-state index contributed by atoms with van der Waals surface area (Å²) in [7, 11) is 0. The molecular formula is C87H68N4OPt-2. The molecule has 15 aromatic rings. The molecule has 5 nitrogen and oxygen atoms in total. The number of aromatic nitrogens is 4. The van der Waals surface area contributed by atoms with E-state index in [9.17, 15) is 0 Å². The van der Waals surface area contributed by atoms with Crippen molar-refractivity contribution in [3.8, 4) is 101 Å². The SMILES string of the molecule is CC(C)(C)c1ccnc(-n2c3[c-]c(Oc4[c-]c(-n5[c-][n+](CCCCCc6c(-c7cc(-c8ccccc8)cc(-c8ccccc8)c7)cccc6-c6cc(-c7ccccc7)cc(-c7ccccc7)c6)c6ccccc65)ccc4)ccc3c3cc(-c4ccccc4)ccc32)c1.[Pt].